The van der Waals surface area contributed by atoms with Crippen molar-refractivity contribution in [3.63, 3.8) is 0 Å². The summed E-state index contributed by atoms with van der Waals surface area (Å²) < 4.78 is 0. The number of thiophene rings is 1. The van der Waals surface area contributed by atoms with E-state index in [9.17, 15) is 0 Å². The largest absolute Gasteiger partial charge is 0.302 e. The Kier molecular flexibility index (Phi) is 4.78. The van der Waals surface area contributed by atoms with Crippen LogP contribution in [0.15, 0.2) is 16.8 Å². The van der Waals surface area contributed by atoms with Crippen molar-refractivity contribution in [2.45, 2.75) is 50.1 Å². The molecule has 1 aromatic rings. The third kappa shape index (κ3) is 2.62. The molecule has 1 aliphatic rings. The lowest BCUT2D eigenvalue weighted by atomic mass is 9.79. The zero-order chi connectivity index (χ0) is 13.0. The van der Waals surface area contributed by atoms with Crippen molar-refractivity contribution in [3.05, 3.63) is 22.4 Å². The zero-order valence-corrected chi connectivity index (χ0v) is 12.3. The van der Waals surface area contributed by atoms with Gasteiger partial charge in [-0.05, 0) is 49.3 Å². The van der Waals surface area contributed by atoms with Gasteiger partial charge in [-0.1, -0.05) is 25.7 Å². The lowest BCUT2D eigenvalue weighted by Gasteiger charge is -2.45. The highest BCUT2D eigenvalue weighted by Crippen LogP contribution is 2.41. The molecule has 18 heavy (non-hydrogen) atoms. The average Bonchev–Trinajstić information content (AvgIpc) is 2.75. The molecule has 2 rings (SSSR count). The fourth-order valence-electron chi connectivity index (χ4n) is 3.34. The Balaban J connectivity index is 2.32. The van der Waals surface area contributed by atoms with Gasteiger partial charge >= 0.3 is 0 Å². The molecule has 0 saturated heterocycles. The lowest BCUT2D eigenvalue weighted by molar-refractivity contribution is 0.0802. The Hall–Kier alpha value is -0.420. The second-order valence-electron chi connectivity index (χ2n) is 5.57. The van der Waals surface area contributed by atoms with Gasteiger partial charge in [-0.3, -0.25) is 11.3 Å². The summed E-state index contributed by atoms with van der Waals surface area (Å²) in [6, 6.07) is 2.43. The van der Waals surface area contributed by atoms with Gasteiger partial charge in [0.2, 0.25) is 0 Å². The van der Waals surface area contributed by atoms with E-state index in [0.717, 1.165) is 0 Å². The molecule has 0 spiro atoms. The van der Waals surface area contributed by atoms with Crippen LogP contribution in [0.3, 0.4) is 0 Å². The van der Waals surface area contributed by atoms with E-state index in [1.165, 1.54) is 44.1 Å². The van der Waals surface area contributed by atoms with E-state index in [1.807, 2.05) is 0 Å². The number of rotatable bonds is 4. The normalized spacial score (nSPS) is 21.8. The number of nitrogens with two attached hydrogens (primary N) is 1. The van der Waals surface area contributed by atoms with Crippen molar-refractivity contribution < 1.29 is 0 Å². The number of likely N-dealkylation sites (N-methyl/N-ethyl adjacent to an activating group) is 1. The molecule has 4 heteroatoms. The van der Waals surface area contributed by atoms with Gasteiger partial charge < -0.3 is 4.90 Å². The van der Waals surface area contributed by atoms with E-state index < -0.39 is 0 Å². The first-order chi connectivity index (χ1) is 8.70. The summed E-state index contributed by atoms with van der Waals surface area (Å²) in [4.78, 5) is 2.39. The standard InChI is InChI=1S/C14H25N3S/c1-17(2)14(8-5-3-4-6-9-14)13(16-15)12-7-10-18-11-12/h7,10-11,13,16H,3-6,8-9,15H2,1-2H3. The van der Waals surface area contributed by atoms with Crippen LogP contribution >= 0.6 is 11.3 Å². The van der Waals surface area contributed by atoms with Crippen molar-refractivity contribution >= 4 is 11.3 Å². The number of nitrogens with one attached hydrogen (secondary N) is 1. The fraction of sp³-hybridized carbons (Fsp3) is 0.714. The maximum Gasteiger partial charge on any atom is 0.0651 e. The summed E-state index contributed by atoms with van der Waals surface area (Å²) in [5, 5.41) is 4.36. The van der Waals surface area contributed by atoms with E-state index in [1.54, 1.807) is 11.3 Å². The van der Waals surface area contributed by atoms with Crippen molar-refractivity contribution in [2.24, 2.45) is 5.84 Å². The molecule has 3 N–H and O–H groups in total. The van der Waals surface area contributed by atoms with Crippen LogP contribution in [0.2, 0.25) is 0 Å². The fourth-order valence-corrected chi connectivity index (χ4v) is 4.02. The molecule has 0 bridgehead atoms. The average molecular weight is 267 g/mol. The Morgan fingerprint density at radius 1 is 1.28 bits per heavy atom. The summed E-state index contributed by atoms with van der Waals surface area (Å²) in [6.45, 7) is 0. The van der Waals surface area contributed by atoms with Gasteiger partial charge in [0.15, 0.2) is 0 Å². The van der Waals surface area contributed by atoms with E-state index in [2.05, 4.69) is 41.2 Å². The molecule has 1 unspecified atom stereocenters. The minimum atomic E-state index is 0.159. The molecule has 3 nitrogen and oxygen atoms in total. The summed E-state index contributed by atoms with van der Waals surface area (Å²) in [5.41, 5.74) is 4.58. The molecule has 1 aliphatic carbocycles. The molecule has 1 atom stereocenters. The van der Waals surface area contributed by atoms with Crippen LogP contribution in [0.4, 0.5) is 0 Å². The molecule has 1 fully saturated rings. The van der Waals surface area contributed by atoms with Crippen molar-refractivity contribution in [2.75, 3.05) is 14.1 Å². The van der Waals surface area contributed by atoms with Crippen LogP contribution in [-0.4, -0.2) is 24.5 Å². The predicted octanol–water partition coefficient (Wildman–Crippen LogP) is 2.91. The minimum absolute atomic E-state index is 0.159. The lowest BCUT2D eigenvalue weighted by Crippen LogP contribution is -2.55. The SMILES string of the molecule is CN(C)C1(C(NN)c2ccsc2)CCCCCC1. The molecule has 0 amide bonds. The summed E-state index contributed by atoms with van der Waals surface area (Å²) >= 11 is 1.75. The molecule has 0 aliphatic heterocycles. The van der Waals surface area contributed by atoms with Gasteiger partial charge in [0.1, 0.15) is 0 Å². The Morgan fingerprint density at radius 2 is 1.94 bits per heavy atom. The van der Waals surface area contributed by atoms with Crippen LogP contribution in [0.1, 0.15) is 50.1 Å². The predicted molar refractivity (Wildman–Crippen MR) is 78.5 cm³/mol. The first-order valence-electron chi connectivity index (χ1n) is 6.86. The van der Waals surface area contributed by atoms with Crippen LogP contribution in [0.5, 0.6) is 0 Å². The molecule has 0 radical (unpaired) electrons. The number of nitrogens with zero attached hydrogens (tertiary/aromatic N) is 1. The highest BCUT2D eigenvalue weighted by atomic mass is 32.1. The van der Waals surface area contributed by atoms with Crippen molar-refractivity contribution in [3.8, 4) is 0 Å². The van der Waals surface area contributed by atoms with E-state index >= 15 is 0 Å². The quantitative estimate of drug-likeness (QED) is 0.501. The van der Waals surface area contributed by atoms with Crippen molar-refractivity contribution in [1.29, 1.82) is 0 Å². The molecule has 1 heterocycles. The third-order valence-electron chi connectivity index (χ3n) is 4.44. The number of hydrazine groups is 1. The minimum Gasteiger partial charge on any atom is -0.302 e. The van der Waals surface area contributed by atoms with Crippen LogP contribution < -0.4 is 11.3 Å². The van der Waals surface area contributed by atoms with Crippen LogP contribution in [-0.2, 0) is 0 Å². The smallest absolute Gasteiger partial charge is 0.0651 e. The molecule has 0 aromatic carbocycles. The molecule has 102 valence electrons. The maximum atomic E-state index is 5.90. The van der Waals surface area contributed by atoms with E-state index in [4.69, 9.17) is 5.84 Å². The topological polar surface area (TPSA) is 41.3 Å². The monoisotopic (exact) mass is 267 g/mol. The first-order valence-corrected chi connectivity index (χ1v) is 7.80. The first kappa shape index (κ1) is 14.0. The van der Waals surface area contributed by atoms with Gasteiger partial charge in [-0.25, -0.2) is 0 Å². The Morgan fingerprint density at radius 3 is 2.39 bits per heavy atom. The second-order valence-corrected chi connectivity index (χ2v) is 6.35. The molecule has 1 aromatic heterocycles. The Bertz CT molecular complexity index is 340. The van der Waals surface area contributed by atoms with E-state index in [-0.39, 0.29) is 11.6 Å². The summed E-state index contributed by atoms with van der Waals surface area (Å²) in [5.74, 6) is 5.90. The molecular formula is C14H25N3S. The molecule has 1 saturated carbocycles. The summed E-state index contributed by atoms with van der Waals surface area (Å²) in [7, 11) is 4.39. The number of hydrogen-bond donors (Lipinski definition) is 2. The van der Waals surface area contributed by atoms with Crippen LogP contribution in [0.25, 0.3) is 0 Å². The van der Waals surface area contributed by atoms with Gasteiger partial charge in [0.05, 0.1) is 6.04 Å². The van der Waals surface area contributed by atoms with Gasteiger partial charge in [-0.15, -0.1) is 0 Å². The zero-order valence-electron chi connectivity index (χ0n) is 11.5. The van der Waals surface area contributed by atoms with Crippen molar-refractivity contribution in [1.82, 2.24) is 10.3 Å². The summed E-state index contributed by atoms with van der Waals surface area (Å²) in [6.07, 6.45) is 7.78. The molecular weight excluding hydrogens is 242 g/mol. The van der Waals surface area contributed by atoms with E-state index in [0.29, 0.717) is 0 Å². The highest BCUT2D eigenvalue weighted by molar-refractivity contribution is 7.07. The van der Waals surface area contributed by atoms with Gasteiger partial charge in [-0.2, -0.15) is 11.3 Å². The van der Waals surface area contributed by atoms with Gasteiger partial charge in [0, 0.05) is 5.54 Å². The maximum absolute atomic E-state index is 5.90. The second kappa shape index (κ2) is 6.15. The number of hydrogen-bond acceptors (Lipinski definition) is 4. The Labute approximate surface area is 114 Å². The van der Waals surface area contributed by atoms with Gasteiger partial charge in [0.25, 0.3) is 0 Å². The highest BCUT2D eigenvalue weighted by Gasteiger charge is 2.41. The van der Waals surface area contributed by atoms with Crippen LogP contribution in [0, 0.1) is 0 Å². The third-order valence-corrected chi connectivity index (χ3v) is 5.14.